The molecule has 2 aromatic rings. The number of nitrogens with one attached hydrogen (secondary N) is 1. The maximum absolute atomic E-state index is 4.47. The highest BCUT2D eigenvalue weighted by molar-refractivity contribution is 5.15. The van der Waals surface area contributed by atoms with Gasteiger partial charge in [-0.15, -0.1) is 0 Å². The number of hydrogen-bond acceptors (Lipinski definition) is 4. The lowest BCUT2D eigenvalue weighted by Gasteiger charge is -2.15. The smallest absolute Gasteiger partial charge is 0.125 e. The molecule has 2 aromatic heterocycles. The summed E-state index contributed by atoms with van der Waals surface area (Å²) in [5.74, 6) is 0.800. The van der Waals surface area contributed by atoms with Crippen molar-refractivity contribution in [1.82, 2.24) is 25.1 Å². The largest absolute Gasteiger partial charge is 0.311 e. The van der Waals surface area contributed by atoms with Crippen molar-refractivity contribution in [3.63, 3.8) is 0 Å². The molecule has 0 radical (unpaired) electrons. The molecule has 18 heavy (non-hydrogen) atoms. The van der Waals surface area contributed by atoms with Crippen LogP contribution in [0.25, 0.3) is 0 Å². The quantitative estimate of drug-likeness (QED) is 0.883. The summed E-state index contributed by atoms with van der Waals surface area (Å²) in [4.78, 5) is 8.60. The number of aryl methyl sites for hydroxylation is 3. The van der Waals surface area contributed by atoms with Gasteiger partial charge in [0.05, 0.1) is 17.4 Å². The molecule has 0 saturated heterocycles. The summed E-state index contributed by atoms with van der Waals surface area (Å²) in [6.45, 7) is 3.91. The minimum atomic E-state index is 0.182. The number of likely N-dealkylation sites (N-methyl/N-ethyl adjacent to an activating group) is 1. The zero-order valence-corrected chi connectivity index (χ0v) is 11.3. The average molecular weight is 245 g/mol. The lowest BCUT2D eigenvalue weighted by molar-refractivity contribution is 0.546. The van der Waals surface area contributed by atoms with Gasteiger partial charge < -0.3 is 5.32 Å². The Hall–Kier alpha value is -1.75. The summed E-state index contributed by atoms with van der Waals surface area (Å²) in [6.07, 6.45) is 2.67. The molecule has 1 N–H and O–H groups in total. The topological polar surface area (TPSA) is 55.6 Å². The number of nitrogens with zero attached hydrogens (tertiary/aromatic N) is 4. The third-order valence-electron chi connectivity index (χ3n) is 3.02. The van der Waals surface area contributed by atoms with E-state index in [1.165, 1.54) is 5.69 Å². The number of hydrogen-bond donors (Lipinski definition) is 1. The van der Waals surface area contributed by atoms with Crippen molar-refractivity contribution >= 4 is 0 Å². The molecule has 0 aliphatic heterocycles. The Morgan fingerprint density at radius 2 is 2.17 bits per heavy atom. The van der Waals surface area contributed by atoms with E-state index in [4.69, 9.17) is 0 Å². The Kier molecular flexibility index (Phi) is 3.72. The molecule has 96 valence electrons. The molecule has 0 bridgehead atoms. The molecule has 1 unspecified atom stereocenters. The maximum Gasteiger partial charge on any atom is 0.125 e. The van der Waals surface area contributed by atoms with Gasteiger partial charge in [0.15, 0.2) is 0 Å². The van der Waals surface area contributed by atoms with E-state index in [2.05, 4.69) is 26.4 Å². The fourth-order valence-corrected chi connectivity index (χ4v) is 2.09. The molecule has 2 heterocycles. The summed E-state index contributed by atoms with van der Waals surface area (Å²) in [6, 6.07) is 4.25. The third kappa shape index (κ3) is 2.73. The van der Waals surface area contributed by atoms with Crippen LogP contribution in [0.1, 0.15) is 28.9 Å². The fraction of sp³-hybridized carbons (Fsp3) is 0.462. The Labute approximate surface area is 107 Å². The Balaban J connectivity index is 2.22. The van der Waals surface area contributed by atoms with E-state index in [-0.39, 0.29) is 6.04 Å². The summed E-state index contributed by atoms with van der Waals surface area (Å²) < 4.78 is 1.92. The first-order valence-electron chi connectivity index (χ1n) is 6.06. The average Bonchev–Trinajstić information content (AvgIpc) is 2.64. The highest BCUT2D eigenvalue weighted by atomic mass is 15.3. The van der Waals surface area contributed by atoms with Gasteiger partial charge in [-0.2, -0.15) is 5.10 Å². The fourth-order valence-electron chi connectivity index (χ4n) is 2.09. The standard InChI is InChI=1S/C13H19N5/c1-9-7-11(18(4)17-9)8-13(14-3)12-5-6-15-10(2)16-12/h5-7,13-14H,8H2,1-4H3. The van der Waals surface area contributed by atoms with Crippen molar-refractivity contribution in [3.05, 3.63) is 41.2 Å². The zero-order chi connectivity index (χ0) is 13.1. The summed E-state index contributed by atoms with van der Waals surface area (Å²) in [5.41, 5.74) is 3.26. The Morgan fingerprint density at radius 3 is 2.72 bits per heavy atom. The second-order valence-electron chi connectivity index (χ2n) is 4.47. The number of aromatic nitrogens is 4. The van der Waals surface area contributed by atoms with E-state index in [1.54, 1.807) is 6.20 Å². The summed E-state index contributed by atoms with van der Waals surface area (Å²) in [5, 5.41) is 7.66. The highest BCUT2D eigenvalue weighted by Crippen LogP contribution is 2.16. The molecule has 0 aliphatic rings. The van der Waals surface area contributed by atoms with E-state index in [1.807, 2.05) is 38.7 Å². The number of rotatable bonds is 4. The van der Waals surface area contributed by atoms with Crippen molar-refractivity contribution in [3.8, 4) is 0 Å². The lowest BCUT2D eigenvalue weighted by Crippen LogP contribution is -2.21. The second-order valence-corrected chi connectivity index (χ2v) is 4.47. The molecular weight excluding hydrogens is 226 g/mol. The molecule has 0 fully saturated rings. The van der Waals surface area contributed by atoms with Crippen molar-refractivity contribution in [2.24, 2.45) is 7.05 Å². The van der Waals surface area contributed by atoms with Crippen LogP contribution < -0.4 is 5.32 Å². The molecule has 0 aromatic carbocycles. The minimum Gasteiger partial charge on any atom is -0.311 e. The molecule has 2 rings (SSSR count). The highest BCUT2D eigenvalue weighted by Gasteiger charge is 2.14. The van der Waals surface area contributed by atoms with E-state index >= 15 is 0 Å². The van der Waals surface area contributed by atoms with E-state index in [9.17, 15) is 0 Å². The predicted octanol–water partition coefficient (Wildman–Crippen LogP) is 1.33. The first-order valence-corrected chi connectivity index (χ1v) is 6.06. The predicted molar refractivity (Wildman–Crippen MR) is 70.2 cm³/mol. The van der Waals surface area contributed by atoms with Crippen LogP contribution in [0.3, 0.4) is 0 Å². The summed E-state index contributed by atoms with van der Waals surface area (Å²) >= 11 is 0. The Bertz CT molecular complexity index is 532. The van der Waals surface area contributed by atoms with Gasteiger partial charge in [0.1, 0.15) is 5.82 Å². The van der Waals surface area contributed by atoms with Crippen molar-refractivity contribution in [1.29, 1.82) is 0 Å². The van der Waals surface area contributed by atoms with Crippen molar-refractivity contribution in [2.45, 2.75) is 26.3 Å². The molecule has 1 atom stereocenters. The minimum absolute atomic E-state index is 0.182. The van der Waals surface area contributed by atoms with Crippen molar-refractivity contribution < 1.29 is 0 Å². The van der Waals surface area contributed by atoms with Gasteiger partial charge in [-0.1, -0.05) is 0 Å². The van der Waals surface area contributed by atoms with Gasteiger partial charge in [0.2, 0.25) is 0 Å². The second kappa shape index (κ2) is 5.27. The van der Waals surface area contributed by atoms with Gasteiger partial charge >= 0.3 is 0 Å². The Morgan fingerprint density at radius 1 is 1.39 bits per heavy atom. The van der Waals surface area contributed by atoms with Crippen LogP contribution in [0, 0.1) is 13.8 Å². The normalized spacial score (nSPS) is 12.7. The monoisotopic (exact) mass is 245 g/mol. The molecule has 0 saturated carbocycles. The molecular formula is C13H19N5. The van der Waals surface area contributed by atoms with Crippen LogP contribution in [0.5, 0.6) is 0 Å². The van der Waals surface area contributed by atoms with Crippen LogP contribution in [0.15, 0.2) is 18.3 Å². The molecule has 5 nitrogen and oxygen atoms in total. The van der Waals surface area contributed by atoms with Gasteiger partial charge in [-0.25, -0.2) is 9.97 Å². The van der Waals surface area contributed by atoms with Crippen LogP contribution in [-0.2, 0) is 13.5 Å². The zero-order valence-electron chi connectivity index (χ0n) is 11.3. The molecule has 0 spiro atoms. The van der Waals surface area contributed by atoms with Gasteiger partial charge in [0.25, 0.3) is 0 Å². The SMILES string of the molecule is CNC(Cc1cc(C)nn1C)c1ccnc(C)n1. The first kappa shape index (κ1) is 12.7. The van der Waals surface area contributed by atoms with Crippen LogP contribution in [0.4, 0.5) is 0 Å². The van der Waals surface area contributed by atoms with Crippen LogP contribution in [-0.4, -0.2) is 26.8 Å². The molecule has 0 aliphatic carbocycles. The first-order chi connectivity index (χ1) is 8.60. The van der Waals surface area contributed by atoms with Gasteiger partial charge in [0, 0.05) is 25.4 Å². The molecule has 0 amide bonds. The lowest BCUT2D eigenvalue weighted by atomic mass is 10.1. The van der Waals surface area contributed by atoms with Gasteiger partial charge in [-0.3, -0.25) is 4.68 Å². The van der Waals surface area contributed by atoms with E-state index in [0.717, 1.165) is 23.6 Å². The third-order valence-corrected chi connectivity index (χ3v) is 3.02. The van der Waals surface area contributed by atoms with Crippen molar-refractivity contribution in [2.75, 3.05) is 7.05 Å². The molecule has 5 heteroatoms. The summed E-state index contributed by atoms with van der Waals surface area (Å²) in [7, 11) is 3.92. The van der Waals surface area contributed by atoms with Crippen LogP contribution in [0.2, 0.25) is 0 Å². The van der Waals surface area contributed by atoms with Gasteiger partial charge in [-0.05, 0) is 33.0 Å². The maximum atomic E-state index is 4.47. The van der Waals surface area contributed by atoms with Crippen LogP contribution >= 0.6 is 0 Å². The van der Waals surface area contributed by atoms with E-state index < -0.39 is 0 Å². The van der Waals surface area contributed by atoms with E-state index in [0.29, 0.717) is 0 Å².